The van der Waals surface area contributed by atoms with Gasteiger partial charge < -0.3 is 0 Å². The maximum atomic E-state index is 11.8. The Morgan fingerprint density at radius 2 is 1.57 bits per heavy atom. The molecule has 3 heteroatoms. The molecular weight excluding hydrogens is 280 g/mol. The van der Waals surface area contributed by atoms with Gasteiger partial charge in [0.25, 0.3) is 0 Å². The number of benzene rings is 2. The van der Waals surface area contributed by atoms with Gasteiger partial charge in [0.05, 0.1) is 4.90 Å². The van der Waals surface area contributed by atoms with Crippen LogP contribution in [0.3, 0.4) is 0 Å². The van der Waals surface area contributed by atoms with E-state index in [2.05, 4.69) is 13.8 Å². The largest absolute Gasteiger partial charge is 0.224 e. The van der Waals surface area contributed by atoms with Gasteiger partial charge in [0.1, 0.15) is 0 Å². The smallest absolute Gasteiger partial charge is 0.175 e. The first kappa shape index (κ1) is 15.8. The van der Waals surface area contributed by atoms with E-state index in [9.17, 15) is 8.42 Å². The Morgan fingerprint density at radius 1 is 0.952 bits per heavy atom. The van der Waals surface area contributed by atoms with E-state index >= 15 is 0 Å². The van der Waals surface area contributed by atoms with Gasteiger partial charge in [0.2, 0.25) is 0 Å². The second-order valence-corrected chi connectivity index (χ2v) is 7.42. The zero-order chi connectivity index (χ0) is 15.5. The second-order valence-electron chi connectivity index (χ2n) is 5.40. The van der Waals surface area contributed by atoms with Crippen molar-refractivity contribution in [2.75, 3.05) is 6.26 Å². The van der Waals surface area contributed by atoms with Crippen molar-refractivity contribution in [1.82, 2.24) is 0 Å². The summed E-state index contributed by atoms with van der Waals surface area (Å²) in [6, 6.07) is 15.5. The van der Waals surface area contributed by atoms with Crippen LogP contribution in [0.25, 0.3) is 11.1 Å². The fourth-order valence-electron chi connectivity index (χ4n) is 2.72. The van der Waals surface area contributed by atoms with Crippen molar-refractivity contribution in [3.05, 3.63) is 54.1 Å². The molecule has 0 bridgehead atoms. The Labute approximate surface area is 127 Å². The Kier molecular flexibility index (Phi) is 4.84. The van der Waals surface area contributed by atoms with Crippen molar-refractivity contribution >= 4 is 9.84 Å². The Morgan fingerprint density at radius 3 is 2.10 bits per heavy atom. The zero-order valence-corrected chi connectivity index (χ0v) is 13.7. The molecule has 0 aliphatic heterocycles. The molecule has 0 saturated heterocycles. The fraction of sp³-hybridized carbons (Fsp3) is 0.333. The molecule has 0 aromatic heterocycles. The molecule has 0 N–H and O–H groups in total. The highest BCUT2D eigenvalue weighted by Crippen LogP contribution is 2.34. The number of hydrogen-bond donors (Lipinski definition) is 0. The van der Waals surface area contributed by atoms with E-state index in [1.54, 1.807) is 6.07 Å². The van der Waals surface area contributed by atoms with Crippen molar-refractivity contribution in [1.29, 1.82) is 0 Å². The highest BCUT2D eigenvalue weighted by molar-refractivity contribution is 7.90. The van der Waals surface area contributed by atoms with E-state index in [0.717, 1.165) is 24.0 Å². The first-order valence-corrected chi connectivity index (χ1v) is 9.26. The molecule has 0 saturated carbocycles. The molecule has 0 spiro atoms. The molecule has 2 aromatic rings. The third kappa shape index (κ3) is 3.53. The van der Waals surface area contributed by atoms with Gasteiger partial charge in [0, 0.05) is 6.26 Å². The molecule has 0 fully saturated rings. The predicted octanol–water partition coefficient (Wildman–Crippen LogP) is 4.66. The van der Waals surface area contributed by atoms with E-state index in [1.165, 1.54) is 11.8 Å². The van der Waals surface area contributed by atoms with Crippen LogP contribution in [0.5, 0.6) is 0 Å². The minimum absolute atomic E-state index is 0.385. The van der Waals surface area contributed by atoms with Crippen LogP contribution in [0.4, 0.5) is 0 Å². The van der Waals surface area contributed by atoms with E-state index < -0.39 is 9.84 Å². The summed E-state index contributed by atoms with van der Waals surface area (Å²) in [5.41, 5.74) is 3.34. The van der Waals surface area contributed by atoms with Gasteiger partial charge in [-0.1, -0.05) is 50.2 Å². The van der Waals surface area contributed by atoms with Crippen molar-refractivity contribution in [3.63, 3.8) is 0 Å². The normalized spacial score (nSPS) is 11.8. The van der Waals surface area contributed by atoms with Gasteiger partial charge >= 0.3 is 0 Å². The van der Waals surface area contributed by atoms with Crippen LogP contribution < -0.4 is 0 Å². The summed E-state index contributed by atoms with van der Waals surface area (Å²) in [5, 5.41) is 0. The zero-order valence-electron chi connectivity index (χ0n) is 12.8. The van der Waals surface area contributed by atoms with Crippen LogP contribution in [0, 0.1) is 0 Å². The summed E-state index contributed by atoms with van der Waals surface area (Å²) in [7, 11) is -3.19. The lowest BCUT2D eigenvalue weighted by molar-refractivity contribution is 0.601. The lowest BCUT2D eigenvalue weighted by Crippen LogP contribution is -2.02. The Bertz CT molecular complexity index is 699. The number of sulfone groups is 1. The Hall–Kier alpha value is -1.61. The molecule has 112 valence electrons. The minimum Gasteiger partial charge on any atom is -0.224 e. The van der Waals surface area contributed by atoms with Gasteiger partial charge in [-0.25, -0.2) is 8.42 Å². The van der Waals surface area contributed by atoms with Gasteiger partial charge in [-0.2, -0.15) is 0 Å². The van der Waals surface area contributed by atoms with Crippen LogP contribution in [-0.4, -0.2) is 14.7 Å². The van der Waals surface area contributed by atoms with Crippen LogP contribution >= 0.6 is 0 Å². The molecule has 0 aliphatic carbocycles. The van der Waals surface area contributed by atoms with Crippen molar-refractivity contribution < 1.29 is 8.42 Å². The monoisotopic (exact) mass is 302 g/mol. The highest BCUT2D eigenvalue weighted by Gasteiger charge is 2.16. The topological polar surface area (TPSA) is 34.1 Å². The fourth-order valence-corrected chi connectivity index (χ4v) is 3.37. The van der Waals surface area contributed by atoms with E-state index in [4.69, 9.17) is 0 Å². The SMILES string of the molecule is CCC(CC)c1ccc(S(C)(=O)=O)cc1-c1ccccc1. The van der Waals surface area contributed by atoms with Gasteiger partial charge in [-0.15, -0.1) is 0 Å². The van der Waals surface area contributed by atoms with Crippen LogP contribution in [0.1, 0.15) is 38.2 Å². The molecular formula is C18H22O2S. The minimum atomic E-state index is -3.19. The summed E-state index contributed by atoms with van der Waals surface area (Å²) < 4.78 is 23.7. The quantitative estimate of drug-likeness (QED) is 0.805. The summed E-state index contributed by atoms with van der Waals surface area (Å²) in [5.74, 6) is 0.453. The summed E-state index contributed by atoms with van der Waals surface area (Å²) in [6.07, 6.45) is 3.36. The summed E-state index contributed by atoms with van der Waals surface area (Å²) in [4.78, 5) is 0.385. The molecule has 0 radical (unpaired) electrons. The molecule has 0 atom stereocenters. The van der Waals surface area contributed by atoms with E-state index in [1.807, 2.05) is 42.5 Å². The second kappa shape index (κ2) is 6.44. The number of rotatable bonds is 5. The summed E-state index contributed by atoms with van der Waals surface area (Å²) in [6.45, 7) is 4.35. The number of hydrogen-bond acceptors (Lipinski definition) is 2. The lowest BCUT2D eigenvalue weighted by Gasteiger charge is -2.19. The molecule has 0 unspecified atom stereocenters. The maximum Gasteiger partial charge on any atom is 0.175 e. The van der Waals surface area contributed by atoms with Crippen LogP contribution in [-0.2, 0) is 9.84 Å². The Balaban J connectivity index is 2.67. The lowest BCUT2D eigenvalue weighted by atomic mass is 9.87. The first-order chi connectivity index (χ1) is 9.97. The molecule has 2 aromatic carbocycles. The van der Waals surface area contributed by atoms with Crippen molar-refractivity contribution in [3.8, 4) is 11.1 Å². The van der Waals surface area contributed by atoms with Gasteiger partial charge in [-0.05, 0) is 47.6 Å². The van der Waals surface area contributed by atoms with Crippen LogP contribution in [0.15, 0.2) is 53.4 Å². The molecule has 0 amide bonds. The highest BCUT2D eigenvalue weighted by atomic mass is 32.2. The van der Waals surface area contributed by atoms with Crippen molar-refractivity contribution in [2.45, 2.75) is 37.5 Å². The molecule has 0 aliphatic rings. The van der Waals surface area contributed by atoms with E-state index in [-0.39, 0.29) is 0 Å². The third-order valence-corrected chi connectivity index (χ3v) is 5.07. The average molecular weight is 302 g/mol. The maximum absolute atomic E-state index is 11.8. The van der Waals surface area contributed by atoms with E-state index in [0.29, 0.717) is 10.8 Å². The van der Waals surface area contributed by atoms with Crippen molar-refractivity contribution in [2.24, 2.45) is 0 Å². The standard InChI is InChI=1S/C18H22O2S/c1-4-14(5-2)17-12-11-16(21(3,19)20)13-18(17)15-9-7-6-8-10-15/h6-14H,4-5H2,1-3H3. The molecule has 2 nitrogen and oxygen atoms in total. The molecule has 21 heavy (non-hydrogen) atoms. The average Bonchev–Trinajstić information content (AvgIpc) is 2.48. The molecule has 2 rings (SSSR count). The predicted molar refractivity (Wildman–Crippen MR) is 88.3 cm³/mol. The molecule has 0 heterocycles. The van der Waals surface area contributed by atoms with Gasteiger partial charge in [0.15, 0.2) is 9.84 Å². The first-order valence-electron chi connectivity index (χ1n) is 7.36. The van der Waals surface area contributed by atoms with Crippen LogP contribution in [0.2, 0.25) is 0 Å². The van der Waals surface area contributed by atoms with Gasteiger partial charge in [-0.3, -0.25) is 0 Å². The third-order valence-electron chi connectivity index (χ3n) is 3.96. The summed E-state index contributed by atoms with van der Waals surface area (Å²) >= 11 is 0.